The molecule has 2 N–H and O–H groups in total. The molecule has 1 aliphatic rings. The van der Waals surface area contributed by atoms with Crippen LogP contribution in [0.2, 0.25) is 0 Å². The van der Waals surface area contributed by atoms with E-state index in [0.717, 1.165) is 29.5 Å². The summed E-state index contributed by atoms with van der Waals surface area (Å²) in [6.07, 6.45) is 6.38. The van der Waals surface area contributed by atoms with E-state index in [0.29, 0.717) is 40.4 Å². The standard InChI is InChI=1S/C19H20BrN7O/c1-27(2)5-3-4-13(28)17-16(20)15-18(23-10-24-19(15)26-17)25-14-6-11-7-21-8-12(11)9-22-14/h6-7,9-10H,3-5,8H2,1-2H3,(H2,22,23,24,25,26). The fourth-order valence-corrected chi connectivity index (χ4v) is 3.83. The fraction of sp³-hybridized carbons (Fsp3) is 0.316. The van der Waals surface area contributed by atoms with Crippen molar-refractivity contribution in [1.82, 2.24) is 24.8 Å². The Balaban J connectivity index is 1.62. The molecule has 0 saturated heterocycles. The molecule has 0 atom stereocenters. The molecule has 4 rings (SSSR count). The van der Waals surface area contributed by atoms with E-state index < -0.39 is 0 Å². The molecule has 144 valence electrons. The van der Waals surface area contributed by atoms with Crippen molar-refractivity contribution in [2.75, 3.05) is 26.0 Å². The highest BCUT2D eigenvalue weighted by Gasteiger charge is 2.20. The van der Waals surface area contributed by atoms with Crippen LogP contribution in [0, 0.1) is 0 Å². The minimum Gasteiger partial charge on any atom is -0.336 e. The van der Waals surface area contributed by atoms with Gasteiger partial charge in [-0.25, -0.2) is 15.0 Å². The van der Waals surface area contributed by atoms with E-state index in [1.54, 1.807) is 0 Å². The van der Waals surface area contributed by atoms with Gasteiger partial charge in [0.2, 0.25) is 0 Å². The molecule has 0 aromatic carbocycles. The number of hydrogen-bond donors (Lipinski definition) is 2. The quantitative estimate of drug-likeness (QED) is 0.545. The van der Waals surface area contributed by atoms with Crippen molar-refractivity contribution in [2.24, 2.45) is 4.99 Å². The summed E-state index contributed by atoms with van der Waals surface area (Å²) in [5.41, 5.74) is 3.27. The van der Waals surface area contributed by atoms with Crippen molar-refractivity contribution in [3.8, 4) is 0 Å². The summed E-state index contributed by atoms with van der Waals surface area (Å²) < 4.78 is 0.670. The highest BCUT2D eigenvalue weighted by Crippen LogP contribution is 2.33. The Bertz CT molecular complexity index is 1070. The van der Waals surface area contributed by atoms with Crippen molar-refractivity contribution in [1.29, 1.82) is 0 Å². The average Bonchev–Trinajstić information content (AvgIpc) is 3.26. The van der Waals surface area contributed by atoms with E-state index in [1.165, 1.54) is 6.33 Å². The summed E-state index contributed by atoms with van der Waals surface area (Å²) in [6, 6.07) is 1.94. The van der Waals surface area contributed by atoms with Crippen molar-refractivity contribution in [2.45, 2.75) is 19.4 Å². The highest BCUT2D eigenvalue weighted by atomic mass is 79.9. The van der Waals surface area contributed by atoms with Crippen LogP contribution in [0.3, 0.4) is 0 Å². The topological polar surface area (TPSA) is 99.2 Å². The fourth-order valence-electron chi connectivity index (χ4n) is 3.14. The molecule has 0 saturated carbocycles. The molecule has 1 aliphatic heterocycles. The first-order valence-electron chi connectivity index (χ1n) is 8.99. The number of aromatic nitrogens is 4. The van der Waals surface area contributed by atoms with E-state index in [4.69, 9.17) is 0 Å². The molecule has 28 heavy (non-hydrogen) atoms. The predicted octanol–water partition coefficient (Wildman–Crippen LogP) is 3.32. The zero-order valence-corrected chi connectivity index (χ0v) is 17.2. The lowest BCUT2D eigenvalue weighted by Crippen LogP contribution is -2.14. The Kier molecular flexibility index (Phi) is 5.19. The normalized spacial score (nSPS) is 12.7. The maximum absolute atomic E-state index is 12.6. The molecular weight excluding hydrogens is 422 g/mol. The third-order valence-corrected chi connectivity index (χ3v) is 5.37. The smallest absolute Gasteiger partial charge is 0.180 e. The average molecular weight is 442 g/mol. The number of rotatable bonds is 7. The third kappa shape index (κ3) is 3.67. The number of nitrogens with one attached hydrogen (secondary N) is 2. The molecule has 3 aromatic rings. The molecule has 0 aliphatic carbocycles. The maximum atomic E-state index is 12.6. The number of fused-ring (bicyclic) bond motifs is 2. The maximum Gasteiger partial charge on any atom is 0.180 e. The summed E-state index contributed by atoms with van der Waals surface area (Å²) in [6.45, 7) is 1.53. The Morgan fingerprint density at radius 2 is 2.18 bits per heavy atom. The second-order valence-electron chi connectivity index (χ2n) is 6.95. The van der Waals surface area contributed by atoms with Gasteiger partial charge in [-0.3, -0.25) is 9.79 Å². The number of aliphatic imine (C=N–C) groups is 1. The zero-order chi connectivity index (χ0) is 19.7. The first-order chi connectivity index (χ1) is 13.5. The lowest BCUT2D eigenvalue weighted by atomic mass is 10.1. The van der Waals surface area contributed by atoms with Crippen LogP contribution in [0.15, 0.2) is 28.1 Å². The van der Waals surface area contributed by atoms with Crippen LogP contribution in [-0.2, 0) is 6.54 Å². The first kappa shape index (κ1) is 18.7. The number of ketones is 1. The molecule has 0 amide bonds. The molecular formula is C19H20BrN7O. The van der Waals surface area contributed by atoms with Gasteiger partial charge in [0.05, 0.1) is 22.1 Å². The number of hydrogen-bond acceptors (Lipinski definition) is 7. The van der Waals surface area contributed by atoms with E-state index in [2.05, 4.69) is 51.1 Å². The van der Waals surface area contributed by atoms with Gasteiger partial charge >= 0.3 is 0 Å². The summed E-state index contributed by atoms with van der Waals surface area (Å²) in [5, 5.41) is 3.97. The van der Waals surface area contributed by atoms with Gasteiger partial charge in [-0.2, -0.15) is 0 Å². The van der Waals surface area contributed by atoms with Crippen molar-refractivity contribution in [3.05, 3.63) is 39.9 Å². The minimum absolute atomic E-state index is 0.0459. The Hall–Kier alpha value is -2.65. The van der Waals surface area contributed by atoms with Gasteiger partial charge in [0.15, 0.2) is 5.78 Å². The number of halogens is 1. The van der Waals surface area contributed by atoms with Gasteiger partial charge in [0.1, 0.15) is 23.6 Å². The number of carbonyl (C=O) groups is 1. The van der Waals surface area contributed by atoms with E-state index in [-0.39, 0.29) is 5.78 Å². The summed E-state index contributed by atoms with van der Waals surface area (Å²) in [7, 11) is 3.99. The van der Waals surface area contributed by atoms with Crippen LogP contribution in [0.1, 0.15) is 34.5 Å². The third-order valence-electron chi connectivity index (χ3n) is 4.58. The number of aromatic amines is 1. The van der Waals surface area contributed by atoms with Crippen molar-refractivity contribution >= 4 is 50.6 Å². The molecule has 0 fully saturated rings. The number of carbonyl (C=O) groups excluding carboxylic acids is 1. The van der Waals surface area contributed by atoms with E-state index in [1.807, 2.05) is 32.6 Å². The lowest BCUT2D eigenvalue weighted by molar-refractivity contribution is 0.0972. The molecule has 3 aromatic heterocycles. The van der Waals surface area contributed by atoms with Crippen LogP contribution in [0.4, 0.5) is 11.6 Å². The van der Waals surface area contributed by atoms with Gasteiger partial charge in [0, 0.05) is 30.0 Å². The monoisotopic (exact) mass is 441 g/mol. The minimum atomic E-state index is 0.0459. The van der Waals surface area contributed by atoms with Crippen LogP contribution in [-0.4, -0.2) is 57.5 Å². The van der Waals surface area contributed by atoms with Crippen LogP contribution < -0.4 is 5.32 Å². The molecule has 0 spiro atoms. The van der Waals surface area contributed by atoms with Crippen molar-refractivity contribution in [3.63, 3.8) is 0 Å². The van der Waals surface area contributed by atoms with Gasteiger partial charge in [-0.05, 0) is 49.1 Å². The number of anilines is 2. The Morgan fingerprint density at radius 1 is 1.32 bits per heavy atom. The van der Waals surface area contributed by atoms with Gasteiger partial charge < -0.3 is 15.2 Å². The molecule has 8 nitrogen and oxygen atoms in total. The molecule has 0 radical (unpaired) electrons. The number of nitrogens with zero attached hydrogens (tertiary/aromatic N) is 5. The molecule has 0 bridgehead atoms. The zero-order valence-electron chi connectivity index (χ0n) is 15.7. The molecule has 0 unspecified atom stereocenters. The second-order valence-corrected chi connectivity index (χ2v) is 7.75. The largest absolute Gasteiger partial charge is 0.336 e. The predicted molar refractivity (Wildman–Crippen MR) is 113 cm³/mol. The van der Waals surface area contributed by atoms with Crippen LogP contribution >= 0.6 is 15.9 Å². The number of H-pyrrole nitrogens is 1. The van der Waals surface area contributed by atoms with E-state index >= 15 is 0 Å². The number of pyridine rings is 1. The van der Waals surface area contributed by atoms with E-state index in [9.17, 15) is 4.79 Å². The first-order valence-corrected chi connectivity index (χ1v) is 9.78. The second kappa shape index (κ2) is 7.76. The van der Waals surface area contributed by atoms with Crippen LogP contribution in [0.25, 0.3) is 11.0 Å². The number of Topliss-reactive ketones (excluding diaryl/α,β-unsaturated/α-hetero) is 1. The lowest BCUT2D eigenvalue weighted by Gasteiger charge is -2.08. The van der Waals surface area contributed by atoms with Crippen LogP contribution in [0.5, 0.6) is 0 Å². The Labute approximate surface area is 170 Å². The molecule has 4 heterocycles. The SMILES string of the molecule is CN(C)CCCC(=O)c1[nH]c2ncnc(Nc3cc4c(cn3)CN=C4)c2c1Br. The Morgan fingerprint density at radius 3 is 3.00 bits per heavy atom. The summed E-state index contributed by atoms with van der Waals surface area (Å²) in [4.78, 5) is 35.1. The summed E-state index contributed by atoms with van der Waals surface area (Å²) in [5.74, 6) is 1.30. The van der Waals surface area contributed by atoms with Gasteiger partial charge in [-0.15, -0.1) is 0 Å². The summed E-state index contributed by atoms with van der Waals surface area (Å²) >= 11 is 3.56. The molecule has 9 heteroatoms. The van der Waals surface area contributed by atoms with Gasteiger partial charge in [0.25, 0.3) is 0 Å². The van der Waals surface area contributed by atoms with Gasteiger partial charge in [-0.1, -0.05) is 0 Å². The highest BCUT2D eigenvalue weighted by molar-refractivity contribution is 9.10. The van der Waals surface area contributed by atoms with Crippen molar-refractivity contribution < 1.29 is 4.79 Å².